The van der Waals surface area contributed by atoms with E-state index >= 15 is 0 Å². The maximum atomic E-state index is 9.06. The molecule has 5 heteroatoms. The Morgan fingerprint density at radius 3 is 2.62 bits per heavy atom. The fraction of sp³-hybridized carbons (Fsp3) is 0.167. The minimum absolute atomic E-state index is 0.0280. The standard InChI is InChI=1S/C24H22N2O3/c1-17-14-23(20-7-2-3-8-24(20)28-13-12-27)26-22-10-9-19(15-21(17)22)29-16-18-6-4-5-11-25-18/h2-11,14-15,27H,12-13,16H2,1H3. The number of hydrogen-bond acceptors (Lipinski definition) is 5. The molecular formula is C24H22N2O3. The van der Waals surface area contributed by atoms with Gasteiger partial charge < -0.3 is 14.6 Å². The minimum Gasteiger partial charge on any atom is -0.490 e. The van der Waals surface area contributed by atoms with Crippen LogP contribution in [0.15, 0.2) is 72.9 Å². The highest BCUT2D eigenvalue weighted by Gasteiger charge is 2.11. The van der Waals surface area contributed by atoms with Crippen molar-refractivity contribution in [3.63, 3.8) is 0 Å². The molecule has 5 nitrogen and oxygen atoms in total. The molecule has 0 saturated carbocycles. The maximum Gasteiger partial charge on any atom is 0.130 e. The van der Waals surface area contributed by atoms with Crippen molar-refractivity contribution in [2.45, 2.75) is 13.5 Å². The van der Waals surface area contributed by atoms with Crippen LogP contribution in [0.5, 0.6) is 11.5 Å². The molecular weight excluding hydrogens is 364 g/mol. The average Bonchev–Trinajstić information content (AvgIpc) is 2.77. The molecule has 2 aromatic heterocycles. The van der Waals surface area contributed by atoms with E-state index in [1.807, 2.05) is 66.7 Å². The summed E-state index contributed by atoms with van der Waals surface area (Å²) in [7, 11) is 0. The fourth-order valence-corrected chi connectivity index (χ4v) is 3.20. The van der Waals surface area contributed by atoms with Crippen LogP contribution in [0.2, 0.25) is 0 Å². The van der Waals surface area contributed by atoms with Crippen LogP contribution in [-0.4, -0.2) is 28.3 Å². The van der Waals surface area contributed by atoms with Crippen molar-refractivity contribution in [2.24, 2.45) is 0 Å². The largest absolute Gasteiger partial charge is 0.490 e. The predicted molar refractivity (Wildman–Crippen MR) is 113 cm³/mol. The molecule has 0 atom stereocenters. The number of para-hydroxylation sites is 1. The zero-order valence-corrected chi connectivity index (χ0v) is 16.2. The third kappa shape index (κ3) is 4.36. The van der Waals surface area contributed by atoms with Gasteiger partial charge in [0.05, 0.1) is 23.5 Å². The van der Waals surface area contributed by atoms with Gasteiger partial charge >= 0.3 is 0 Å². The Bertz CT molecular complexity index is 1110. The molecule has 0 unspecified atom stereocenters. The Morgan fingerprint density at radius 2 is 1.79 bits per heavy atom. The third-order valence-corrected chi connectivity index (χ3v) is 4.61. The van der Waals surface area contributed by atoms with Gasteiger partial charge in [0.2, 0.25) is 0 Å². The van der Waals surface area contributed by atoms with Crippen LogP contribution in [0, 0.1) is 6.92 Å². The Kier molecular flexibility index (Phi) is 5.68. The summed E-state index contributed by atoms with van der Waals surface area (Å²) in [4.78, 5) is 9.11. The van der Waals surface area contributed by atoms with E-state index in [2.05, 4.69) is 11.9 Å². The van der Waals surface area contributed by atoms with Crippen molar-refractivity contribution >= 4 is 10.9 Å². The number of aromatic nitrogens is 2. The van der Waals surface area contributed by atoms with E-state index in [0.29, 0.717) is 12.4 Å². The summed E-state index contributed by atoms with van der Waals surface area (Å²) < 4.78 is 11.6. The molecule has 0 aliphatic rings. The summed E-state index contributed by atoms with van der Waals surface area (Å²) in [5.41, 5.74) is 4.62. The van der Waals surface area contributed by atoms with Gasteiger partial charge in [0, 0.05) is 17.1 Å². The molecule has 29 heavy (non-hydrogen) atoms. The van der Waals surface area contributed by atoms with Gasteiger partial charge in [-0.25, -0.2) is 4.98 Å². The van der Waals surface area contributed by atoms with Gasteiger partial charge in [-0.2, -0.15) is 0 Å². The van der Waals surface area contributed by atoms with Crippen LogP contribution in [0.3, 0.4) is 0 Å². The van der Waals surface area contributed by atoms with Gasteiger partial charge in [-0.3, -0.25) is 4.98 Å². The van der Waals surface area contributed by atoms with Gasteiger partial charge in [0.25, 0.3) is 0 Å². The second kappa shape index (κ2) is 8.71. The SMILES string of the molecule is Cc1cc(-c2ccccc2OCCO)nc2ccc(OCc3ccccn3)cc12. The monoisotopic (exact) mass is 386 g/mol. The summed E-state index contributed by atoms with van der Waals surface area (Å²) in [6, 6.07) is 21.5. The Hall–Kier alpha value is -3.44. The first-order valence-corrected chi connectivity index (χ1v) is 9.52. The van der Waals surface area contributed by atoms with Crippen molar-refractivity contribution in [1.82, 2.24) is 9.97 Å². The molecule has 0 fully saturated rings. The summed E-state index contributed by atoms with van der Waals surface area (Å²) in [5, 5.41) is 10.1. The van der Waals surface area contributed by atoms with Gasteiger partial charge in [-0.15, -0.1) is 0 Å². The highest BCUT2D eigenvalue weighted by Crippen LogP contribution is 2.32. The number of ether oxygens (including phenoxy) is 2. The zero-order valence-electron chi connectivity index (χ0n) is 16.2. The number of rotatable bonds is 7. The second-order valence-electron chi connectivity index (χ2n) is 6.68. The topological polar surface area (TPSA) is 64.5 Å². The predicted octanol–water partition coefficient (Wildman–Crippen LogP) is 4.56. The van der Waals surface area contributed by atoms with Gasteiger partial charge in [0.15, 0.2) is 0 Å². The number of aryl methyl sites for hydroxylation is 1. The van der Waals surface area contributed by atoms with Crippen LogP contribution in [0.25, 0.3) is 22.2 Å². The van der Waals surface area contributed by atoms with E-state index in [1.54, 1.807) is 6.20 Å². The third-order valence-electron chi connectivity index (χ3n) is 4.61. The van der Waals surface area contributed by atoms with Crippen LogP contribution in [0.1, 0.15) is 11.3 Å². The van der Waals surface area contributed by atoms with Crippen LogP contribution in [-0.2, 0) is 6.61 Å². The normalized spacial score (nSPS) is 10.8. The van der Waals surface area contributed by atoms with Gasteiger partial charge in [-0.1, -0.05) is 18.2 Å². The maximum absolute atomic E-state index is 9.06. The van der Waals surface area contributed by atoms with E-state index in [1.165, 1.54) is 0 Å². The molecule has 4 rings (SSSR count). The van der Waals surface area contributed by atoms with E-state index < -0.39 is 0 Å². The van der Waals surface area contributed by atoms with Crippen LogP contribution < -0.4 is 9.47 Å². The number of fused-ring (bicyclic) bond motifs is 1. The number of hydrogen-bond donors (Lipinski definition) is 1. The van der Waals surface area contributed by atoms with Crippen molar-refractivity contribution in [3.8, 4) is 22.8 Å². The summed E-state index contributed by atoms with van der Waals surface area (Å²) in [5.74, 6) is 1.50. The van der Waals surface area contributed by atoms with Crippen molar-refractivity contribution in [1.29, 1.82) is 0 Å². The van der Waals surface area contributed by atoms with Gasteiger partial charge in [-0.05, 0) is 61.0 Å². The van der Waals surface area contributed by atoms with Crippen LogP contribution >= 0.6 is 0 Å². The smallest absolute Gasteiger partial charge is 0.130 e. The quantitative estimate of drug-likeness (QED) is 0.505. The average molecular weight is 386 g/mol. The summed E-state index contributed by atoms with van der Waals surface area (Å²) in [6.45, 7) is 2.71. The molecule has 2 heterocycles. The molecule has 0 radical (unpaired) electrons. The molecule has 0 amide bonds. The molecule has 2 aromatic carbocycles. The molecule has 0 saturated heterocycles. The van der Waals surface area contributed by atoms with Crippen LogP contribution in [0.4, 0.5) is 0 Å². The first-order valence-electron chi connectivity index (χ1n) is 9.52. The first-order chi connectivity index (χ1) is 14.2. The van der Waals surface area contributed by atoms with E-state index in [4.69, 9.17) is 19.6 Å². The molecule has 4 aromatic rings. The van der Waals surface area contributed by atoms with Crippen molar-refractivity contribution in [2.75, 3.05) is 13.2 Å². The Morgan fingerprint density at radius 1 is 0.931 bits per heavy atom. The number of nitrogens with zero attached hydrogens (tertiary/aromatic N) is 2. The van der Waals surface area contributed by atoms with Crippen molar-refractivity contribution in [3.05, 3.63) is 84.2 Å². The fourth-order valence-electron chi connectivity index (χ4n) is 3.20. The van der Waals surface area contributed by atoms with E-state index in [0.717, 1.165) is 39.2 Å². The lowest BCUT2D eigenvalue weighted by Gasteiger charge is -2.13. The summed E-state index contributed by atoms with van der Waals surface area (Å²) in [6.07, 6.45) is 1.76. The Labute approximate surface area is 169 Å². The molecule has 146 valence electrons. The van der Waals surface area contributed by atoms with Gasteiger partial charge in [0.1, 0.15) is 24.7 Å². The minimum atomic E-state index is -0.0280. The summed E-state index contributed by atoms with van der Waals surface area (Å²) >= 11 is 0. The number of pyridine rings is 2. The van der Waals surface area contributed by atoms with E-state index in [9.17, 15) is 0 Å². The number of aliphatic hydroxyl groups is 1. The highest BCUT2D eigenvalue weighted by atomic mass is 16.5. The second-order valence-corrected chi connectivity index (χ2v) is 6.68. The first kappa shape index (κ1) is 18.9. The van der Waals surface area contributed by atoms with Crippen molar-refractivity contribution < 1.29 is 14.6 Å². The zero-order chi connectivity index (χ0) is 20.1. The molecule has 1 N–H and O–H groups in total. The molecule has 0 bridgehead atoms. The molecule has 0 aliphatic heterocycles. The Balaban J connectivity index is 1.63. The lowest BCUT2D eigenvalue weighted by Crippen LogP contribution is -2.03. The number of benzene rings is 2. The lowest BCUT2D eigenvalue weighted by molar-refractivity contribution is 0.202. The number of aliphatic hydroxyl groups excluding tert-OH is 1. The molecule has 0 aliphatic carbocycles. The molecule has 0 spiro atoms. The lowest BCUT2D eigenvalue weighted by atomic mass is 10.0. The highest BCUT2D eigenvalue weighted by molar-refractivity contribution is 5.86. The van der Waals surface area contributed by atoms with E-state index in [-0.39, 0.29) is 13.2 Å².